The van der Waals surface area contributed by atoms with Crippen LogP contribution < -0.4 is 21.5 Å². The molecule has 1 atom stereocenters. The zero-order valence-electron chi connectivity index (χ0n) is 9.51. The summed E-state index contributed by atoms with van der Waals surface area (Å²) in [5.41, 5.74) is 7.57. The number of nitrogens with one attached hydrogen (secondary N) is 2. The Labute approximate surface area is 105 Å². The number of nitrogens with two attached hydrogens (primary N) is 2. The van der Waals surface area contributed by atoms with Gasteiger partial charge in [0.25, 0.3) is 5.91 Å². The largest absolute Gasteiger partial charge is 0.384 e. The van der Waals surface area contributed by atoms with Gasteiger partial charge in [-0.15, -0.1) is 0 Å². The Kier molecular flexibility index (Phi) is 3.14. The minimum Gasteiger partial charge on any atom is -0.384 e. The van der Waals surface area contributed by atoms with Crippen LogP contribution in [-0.2, 0) is 21.2 Å². The Morgan fingerprint density at radius 1 is 1.44 bits per heavy atom. The summed E-state index contributed by atoms with van der Waals surface area (Å²) in [5.74, 6) is -1.03. The van der Waals surface area contributed by atoms with Gasteiger partial charge >= 0.3 is 0 Å². The molecule has 1 aliphatic rings. The van der Waals surface area contributed by atoms with E-state index < -0.39 is 21.3 Å². The first-order chi connectivity index (χ1) is 8.38. The molecule has 0 fully saturated rings. The maximum absolute atomic E-state index is 11.2. The first-order valence-corrected chi connectivity index (χ1v) is 6.93. The SMILES string of the molecule is NC(=O)C(Nc1ccc2c(c1)CCN2)S(N)(=O)=O. The van der Waals surface area contributed by atoms with Crippen molar-refractivity contribution in [3.63, 3.8) is 0 Å². The van der Waals surface area contributed by atoms with Gasteiger partial charge in [0.15, 0.2) is 0 Å². The number of rotatable bonds is 4. The van der Waals surface area contributed by atoms with Gasteiger partial charge in [-0.25, -0.2) is 13.6 Å². The van der Waals surface area contributed by atoms with Crippen molar-refractivity contribution in [2.24, 2.45) is 10.9 Å². The molecule has 8 heteroatoms. The highest BCUT2D eigenvalue weighted by Gasteiger charge is 2.27. The van der Waals surface area contributed by atoms with Crippen molar-refractivity contribution < 1.29 is 13.2 Å². The van der Waals surface area contributed by atoms with Gasteiger partial charge in [-0.05, 0) is 30.2 Å². The Morgan fingerprint density at radius 2 is 2.17 bits per heavy atom. The van der Waals surface area contributed by atoms with Crippen LogP contribution in [0.15, 0.2) is 18.2 Å². The van der Waals surface area contributed by atoms with Crippen molar-refractivity contribution in [1.29, 1.82) is 0 Å². The minimum atomic E-state index is -4.08. The molecule has 1 aromatic rings. The van der Waals surface area contributed by atoms with Crippen LogP contribution in [0.5, 0.6) is 0 Å². The van der Waals surface area contributed by atoms with Gasteiger partial charge in [-0.3, -0.25) is 4.79 Å². The summed E-state index contributed by atoms with van der Waals surface area (Å²) >= 11 is 0. The van der Waals surface area contributed by atoms with E-state index in [1.165, 1.54) is 0 Å². The van der Waals surface area contributed by atoms with E-state index in [1.54, 1.807) is 12.1 Å². The minimum absolute atomic E-state index is 0.496. The van der Waals surface area contributed by atoms with Crippen molar-refractivity contribution in [1.82, 2.24) is 0 Å². The molecule has 98 valence electrons. The number of sulfonamides is 1. The number of primary sulfonamides is 1. The Morgan fingerprint density at radius 3 is 2.78 bits per heavy atom. The Hall–Kier alpha value is -1.80. The molecular weight excluding hydrogens is 256 g/mol. The van der Waals surface area contributed by atoms with E-state index in [0.717, 1.165) is 24.2 Å². The van der Waals surface area contributed by atoms with Crippen molar-refractivity contribution >= 4 is 27.3 Å². The highest BCUT2D eigenvalue weighted by molar-refractivity contribution is 7.90. The van der Waals surface area contributed by atoms with Crippen LogP contribution >= 0.6 is 0 Å². The molecule has 2 rings (SSSR count). The average Bonchev–Trinajstić information content (AvgIpc) is 2.70. The highest BCUT2D eigenvalue weighted by Crippen LogP contribution is 2.25. The smallest absolute Gasteiger partial charge is 0.257 e. The number of hydrogen-bond acceptors (Lipinski definition) is 5. The number of hydrogen-bond donors (Lipinski definition) is 4. The zero-order chi connectivity index (χ0) is 13.3. The third-order valence-corrected chi connectivity index (χ3v) is 3.71. The monoisotopic (exact) mass is 270 g/mol. The molecule has 7 nitrogen and oxygen atoms in total. The van der Waals surface area contributed by atoms with E-state index in [-0.39, 0.29) is 0 Å². The first kappa shape index (κ1) is 12.7. The van der Waals surface area contributed by atoms with Crippen LogP contribution in [0.2, 0.25) is 0 Å². The number of benzene rings is 1. The van der Waals surface area contributed by atoms with Crippen molar-refractivity contribution in [2.75, 3.05) is 17.2 Å². The van der Waals surface area contributed by atoms with Gasteiger partial charge in [0, 0.05) is 17.9 Å². The van der Waals surface area contributed by atoms with Crippen LogP contribution in [0.3, 0.4) is 0 Å². The van der Waals surface area contributed by atoms with E-state index in [1.807, 2.05) is 6.07 Å². The number of primary amides is 1. The van der Waals surface area contributed by atoms with Crippen LogP contribution in [-0.4, -0.2) is 26.2 Å². The summed E-state index contributed by atoms with van der Waals surface area (Å²) in [6.45, 7) is 0.840. The van der Waals surface area contributed by atoms with E-state index in [4.69, 9.17) is 10.9 Å². The third-order valence-electron chi connectivity index (χ3n) is 2.70. The second-order valence-electron chi connectivity index (χ2n) is 4.06. The number of carbonyl (C=O) groups is 1. The van der Waals surface area contributed by atoms with Crippen LogP contribution in [0.25, 0.3) is 0 Å². The molecule has 1 aliphatic heterocycles. The van der Waals surface area contributed by atoms with E-state index >= 15 is 0 Å². The van der Waals surface area contributed by atoms with Gasteiger partial charge in [0.2, 0.25) is 15.4 Å². The predicted octanol–water partition coefficient (Wildman–Crippen LogP) is -0.834. The van der Waals surface area contributed by atoms with E-state index in [2.05, 4.69) is 10.6 Å². The quantitative estimate of drug-likeness (QED) is 0.567. The Bertz CT molecular complexity index is 585. The fourth-order valence-corrected chi connectivity index (χ4v) is 2.49. The molecule has 1 aromatic carbocycles. The molecule has 6 N–H and O–H groups in total. The molecule has 18 heavy (non-hydrogen) atoms. The summed E-state index contributed by atoms with van der Waals surface area (Å²) in [5, 5.41) is 9.02. The molecule has 0 saturated heterocycles. The first-order valence-electron chi connectivity index (χ1n) is 5.32. The summed E-state index contributed by atoms with van der Waals surface area (Å²) in [6, 6.07) is 5.25. The molecule has 1 heterocycles. The molecule has 0 aliphatic carbocycles. The number of amides is 1. The third kappa shape index (κ3) is 2.54. The maximum atomic E-state index is 11.2. The molecule has 0 bridgehead atoms. The number of anilines is 2. The number of carbonyl (C=O) groups excluding carboxylic acids is 1. The van der Waals surface area contributed by atoms with Gasteiger partial charge in [0.05, 0.1) is 0 Å². The Balaban J connectivity index is 2.25. The fourth-order valence-electron chi connectivity index (χ4n) is 1.86. The van der Waals surface area contributed by atoms with Gasteiger partial charge in [-0.1, -0.05) is 0 Å². The van der Waals surface area contributed by atoms with Crippen LogP contribution in [0, 0.1) is 0 Å². The van der Waals surface area contributed by atoms with Crippen LogP contribution in [0.1, 0.15) is 5.56 Å². The normalized spacial score (nSPS) is 15.6. The summed E-state index contributed by atoms with van der Waals surface area (Å²) in [4.78, 5) is 11.1. The predicted molar refractivity (Wildman–Crippen MR) is 68.3 cm³/mol. The maximum Gasteiger partial charge on any atom is 0.257 e. The highest BCUT2D eigenvalue weighted by atomic mass is 32.2. The van der Waals surface area contributed by atoms with Gasteiger partial charge < -0.3 is 16.4 Å². The average molecular weight is 270 g/mol. The lowest BCUT2D eigenvalue weighted by Gasteiger charge is -2.15. The van der Waals surface area contributed by atoms with Gasteiger partial charge in [-0.2, -0.15) is 0 Å². The molecule has 0 aromatic heterocycles. The van der Waals surface area contributed by atoms with E-state index in [9.17, 15) is 13.2 Å². The van der Waals surface area contributed by atoms with Crippen LogP contribution in [0.4, 0.5) is 11.4 Å². The zero-order valence-corrected chi connectivity index (χ0v) is 10.3. The molecule has 0 spiro atoms. The summed E-state index contributed by atoms with van der Waals surface area (Å²) < 4.78 is 22.4. The fraction of sp³-hybridized carbons (Fsp3) is 0.300. The summed E-state index contributed by atoms with van der Waals surface area (Å²) in [6.07, 6.45) is 0.849. The second kappa shape index (κ2) is 4.46. The lowest BCUT2D eigenvalue weighted by molar-refractivity contribution is -0.117. The lowest BCUT2D eigenvalue weighted by atomic mass is 10.1. The van der Waals surface area contributed by atoms with Crippen molar-refractivity contribution in [2.45, 2.75) is 11.8 Å². The number of fused-ring (bicyclic) bond motifs is 1. The van der Waals surface area contributed by atoms with Crippen molar-refractivity contribution in [3.05, 3.63) is 23.8 Å². The lowest BCUT2D eigenvalue weighted by Crippen LogP contribution is -2.45. The van der Waals surface area contributed by atoms with E-state index in [0.29, 0.717) is 5.69 Å². The summed E-state index contributed by atoms with van der Waals surface area (Å²) in [7, 11) is -4.08. The van der Waals surface area contributed by atoms with Crippen molar-refractivity contribution in [3.8, 4) is 0 Å². The molecule has 1 amide bonds. The molecule has 0 saturated carbocycles. The standard InChI is InChI=1S/C10H14N4O3S/c11-9(15)10(18(12,16)17)14-7-1-2-8-6(5-7)3-4-13-8/h1-2,5,10,13-14H,3-4H2,(H2,11,15)(H2,12,16,17). The molecular formula is C10H14N4O3S. The molecule has 1 unspecified atom stereocenters. The second-order valence-corrected chi connectivity index (χ2v) is 5.71. The van der Waals surface area contributed by atoms with Gasteiger partial charge in [0.1, 0.15) is 0 Å². The molecule has 0 radical (unpaired) electrons. The topological polar surface area (TPSA) is 127 Å².